The highest BCUT2D eigenvalue weighted by Gasteiger charge is 2.65. The van der Waals surface area contributed by atoms with Gasteiger partial charge in [0.1, 0.15) is 0 Å². The Labute approximate surface area is 101 Å². The van der Waals surface area contributed by atoms with E-state index in [9.17, 15) is 18.0 Å². The second kappa shape index (κ2) is 4.25. The van der Waals surface area contributed by atoms with E-state index in [-0.39, 0.29) is 17.7 Å². The van der Waals surface area contributed by atoms with Crippen molar-refractivity contribution in [3.8, 4) is 0 Å². The molecule has 18 heavy (non-hydrogen) atoms. The highest BCUT2D eigenvalue weighted by molar-refractivity contribution is 5.89. The van der Waals surface area contributed by atoms with Crippen LogP contribution in [0.1, 0.15) is 22.8 Å². The van der Waals surface area contributed by atoms with Crippen molar-refractivity contribution in [2.75, 3.05) is 6.61 Å². The third-order valence-electron chi connectivity index (χ3n) is 2.63. The SMILES string of the molecule is CCOC(=O)c1ccc(C2(C(F)(F)F)NN2)cc1. The van der Waals surface area contributed by atoms with Crippen LogP contribution in [0.25, 0.3) is 0 Å². The fourth-order valence-corrected chi connectivity index (χ4v) is 1.58. The molecular weight excluding hydrogens is 249 g/mol. The second-order valence-electron chi connectivity index (χ2n) is 3.80. The molecule has 0 saturated carbocycles. The molecule has 1 aliphatic rings. The molecule has 1 aromatic carbocycles. The van der Waals surface area contributed by atoms with Gasteiger partial charge in [0.15, 0.2) is 0 Å². The molecule has 0 bridgehead atoms. The summed E-state index contributed by atoms with van der Waals surface area (Å²) in [5.74, 6) is -0.554. The molecule has 1 saturated heterocycles. The van der Waals surface area contributed by atoms with Gasteiger partial charge in [-0.15, -0.1) is 0 Å². The predicted octanol–water partition coefficient (Wildman–Crippen LogP) is 1.69. The molecule has 0 spiro atoms. The number of carbonyl (C=O) groups is 1. The molecule has 0 unspecified atom stereocenters. The van der Waals surface area contributed by atoms with E-state index in [1.54, 1.807) is 6.92 Å². The Hall–Kier alpha value is -1.60. The van der Waals surface area contributed by atoms with Gasteiger partial charge >= 0.3 is 12.1 Å². The van der Waals surface area contributed by atoms with Gasteiger partial charge in [-0.3, -0.25) is 0 Å². The first-order valence-electron chi connectivity index (χ1n) is 5.29. The van der Waals surface area contributed by atoms with Crippen LogP contribution in [0.15, 0.2) is 24.3 Å². The van der Waals surface area contributed by atoms with Gasteiger partial charge in [0.05, 0.1) is 12.2 Å². The summed E-state index contributed by atoms with van der Waals surface area (Å²) in [5, 5.41) is 0. The molecule has 1 aliphatic heterocycles. The van der Waals surface area contributed by atoms with Gasteiger partial charge in [-0.25, -0.2) is 15.6 Å². The molecule has 2 N–H and O–H groups in total. The molecule has 1 fully saturated rings. The third-order valence-corrected chi connectivity index (χ3v) is 2.63. The minimum Gasteiger partial charge on any atom is -0.462 e. The van der Waals surface area contributed by atoms with Crippen LogP contribution < -0.4 is 10.9 Å². The van der Waals surface area contributed by atoms with Gasteiger partial charge in [0, 0.05) is 0 Å². The molecule has 1 heterocycles. The van der Waals surface area contributed by atoms with E-state index in [1.807, 2.05) is 0 Å². The molecule has 4 nitrogen and oxygen atoms in total. The Morgan fingerprint density at radius 3 is 2.22 bits per heavy atom. The van der Waals surface area contributed by atoms with Crippen molar-refractivity contribution in [1.29, 1.82) is 0 Å². The van der Waals surface area contributed by atoms with E-state index in [0.29, 0.717) is 0 Å². The number of halogens is 3. The van der Waals surface area contributed by atoms with Crippen LogP contribution in [0.3, 0.4) is 0 Å². The Balaban J connectivity index is 2.21. The van der Waals surface area contributed by atoms with E-state index in [1.165, 1.54) is 24.3 Å². The van der Waals surface area contributed by atoms with Crippen molar-refractivity contribution >= 4 is 5.97 Å². The average molecular weight is 260 g/mol. The molecule has 2 rings (SSSR count). The van der Waals surface area contributed by atoms with Crippen LogP contribution in [0.2, 0.25) is 0 Å². The Morgan fingerprint density at radius 2 is 1.83 bits per heavy atom. The monoisotopic (exact) mass is 260 g/mol. The number of hydrogen-bond donors (Lipinski definition) is 2. The number of nitrogens with one attached hydrogen (secondary N) is 2. The smallest absolute Gasteiger partial charge is 0.426 e. The van der Waals surface area contributed by atoms with Gasteiger partial charge in [0.2, 0.25) is 5.66 Å². The lowest BCUT2D eigenvalue weighted by Crippen LogP contribution is -2.34. The Morgan fingerprint density at radius 1 is 1.28 bits per heavy atom. The highest BCUT2D eigenvalue weighted by Crippen LogP contribution is 2.41. The van der Waals surface area contributed by atoms with Gasteiger partial charge in [-0.1, -0.05) is 12.1 Å². The molecule has 0 amide bonds. The zero-order chi connectivity index (χ0) is 13.4. The number of carbonyl (C=O) groups excluding carboxylic acids is 1. The number of esters is 1. The van der Waals surface area contributed by atoms with Crippen molar-refractivity contribution in [3.05, 3.63) is 35.4 Å². The number of hydrogen-bond acceptors (Lipinski definition) is 4. The molecule has 98 valence electrons. The van der Waals surface area contributed by atoms with E-state index < -0.39 is 17.8 Å². The molecule has 0 atom stereocenters. The fraction of sp³-hybridized carbons (Fsp3) is 0.364. The molecule has 0 radical (unpaired) electrons. The molecule has 1 aromatic rings. The second-order valence-corrected chi connectivity index (χ2v) is 3.80. The molecule has 0 aromatic heterocycles. The summed E-state index contributed by atoms with van der Waals surface area (Å²) in [6.07, 6.45) is -4.45. The maximum absolute atomic E-state index is 12.7. The number of rotatable bonds is 3. The fourth-order valence-electron chi connectivity index (χ4n) is 1.58. The number of hydrazine groups is 1. The highest BCUT2D eigenvalue weighted by atomic mass is 19.4. The van der Waals surface area contributed by atoms with Gasteiger partial charge in [-0.05, 0) is 24.6 Å². The normalized spacial score (nSPS) is 17.3. The van der Waals surface area contributed by atoms with Crippen LogP contribution >= 0.6 is 0 Å². The van der Waals surface area contributed by atoms with Crippen molar-refractivity contribution in [3.63, 3.8) is 0 Å². The number of alkyl halides is 3. The quantitative estimate of drug-likeness (QED) is 0.641. The minimum absolute atomic E-state index is 0.00282. The number of benzene rings is 1. The average Bonchev–Trinajstić information content (AvgIpc) is 3.10. The van der Waals surface area contributed by atoms with Crippen LogP contribution in [0.4, 0.5) is 13.2 Å². The predicted molar refractivity (Wildman–Crippen MR) is 56.4 cm³/mol. The van der Waals surface area contributed by atoms with E-state index in [4.69, 9.17) is 4.74 Å². The van der Waals surface area contributed by atoms with E-state index >= 15 is 0 Å². The van der Waals surface area contributed by atoms with Crippen LogP contribution in [-0.4, -0.2) is 18.8 Å². The molecule has 0 aliphatic carbocycles. The van der Waals surface area contributed by atoms with Crippen LogP contribution in [0.5, 0.6) is 0 Å². The largest absolute Gasteiger partial charge is 0.462 e. The van der Waals surface area contributed by atoms with Crippen molar-refractivity contribution in [2.45, 2.75) is 18.8 Å². The number of ether oxygens (including phenoxy) is 1. The zero-order valence-electron chi connectivity index (χ0n) is 9.47. The van der Waals surface area contributed by atoms with Gasteiger partial charge < -0.3 is 4.74 Å². The van der Waals surface area contributed by atoms with Crippen molar-refractivity contribution < 1.29 is 22.7 Å². The van der Waals surface area contributed by atoms with E-state index in [2.05, 4.69) is 10.9 Å². The summed E-state index contributed by atoms with van der Waals surface area (Å²) in [6, 6.07) is 5.10. The first kappa shape index (κ1) is 12.8. The first-order chi connectivity index (χ1) is 8.40. The molecule has 7 heteroatoms. The topological polar surface area (TPSA) is 70.2 Å². The van der Waals surface area contributed by atoms with Crippen LogP contribution in [-0.2, 0) is 10.4 Å². The van der Waals surface area contributed by atoms with E-state index in [0.717, 1.165) is 0 Å². The lowest BCUT2D eigenvalue weighted by molar-refractivity contribution is -0.165. The summed E-state index contributed by atoms with van der Waals surface area (Å²) >= 11 is 0. The van der Waals surface area contributed by atoms with Crippen molar-refractivity contribution in [2.24, 2.45) is 0 Å². The summed E-state index contributed by atoms with van der Waals surface area (Å²) in [7, 11) is 0. The lowest BCUT2D eigenvalue weighted by atomic mass is 10.0. The van der Waals surface area contributed by atoms with Crippen LogP contribution in [0, 0.1) is 0 Å². The maximum Gasteiger partial charge on any atom is 0.426 e. The van der Waals surface area contributed by atoms with Crippen molar-refractivity contribution in [1.82, 2.24) is 10.9 Å². The standard InChI is InChI=1S/C11H11F3N2O2/c1-2-18-9(17)7-3-5-8(6-4-7)10(15-16-10)11(12,13)14/h3-6,15-16H,2H2,1H3. The summed E-state index contributed by atoms with van der Waals surface area (Å²) < 4.78 is 43.0. The Bertz CT molecular complexity index is 452. The third kappa shape index (κ3) is 2.06. The minimum atomic E-state index is -4.45. The van der Waals surface area contributed by atoms with Gasteiger partial charge in [-0.2, -0.15) is 13.2 Å². The lowest BCUT2D eigenvalue weighted by Gasteiger charge is -2.16. The molecular formula is C11H11F3N2O2. The zero-order valence-corrected chi connectivity index (χ0v) is 9.47. The first-order valence-corrected chi connectivity index (χ1v) is 5.29. The summed E-state index contributed by atoms with van der Waals surface area (Å²) in [5.41, 5.74) is 2.20. The summed E-state index contributed by atoms with van der Waals surface area (Å²) in [4.78, 5) is 11.3. The Kier molecular flexibility index (Phi) is 3.04. The summed E-state index contributed by atoms with van der Waals surface area (Å²) in [6.45, 7) is 1.87. The van der Waals surface area contributed by atoms with Gasteiger partial charge in [0.25, 0.3) is 0 Å². The maximum atomic E-state index is 12.7.